The number of nitrogens with one attached hydrogen (secondary N) is 1. The summed E-state index contributed by atoms with van der Waals surface area (Å²) in [6.45, 7) is 0.712. The van der Waals surface area contributed by atoms with Crippen molar-refractivity contribution in [3.63, 3.8) is 0 Å². The normalized spacial score (nSPS) is 14.6. The van der Waals surface area contributed by atoms with E-state index < -0.39 is 0 Å². The van der Waals surface area contributed by atoms with Gasteiger partial charge in [0, 0.05) is 12.6 Å². The maximum atomic E-state index is 11.9. The molecule has 90 valence electrons. The molecule has 0 radical (unpaired) electrons. The van der Waals surface area contributed by atoms with E-state index >= 15 is 0 Å². The first-order chi connectivity index (χ1) is 8.84. The topological polar surface area (TPSA) is 40.4 Å². The van der Waals surface area contributed by atoms with Crippen molar-refractivity contribution >= 4 is 5.91 Å². The molecule has 1 aromatic carbocycles. The number of rotatable bonds is 1. The molecule has 0 saturated carbocycles. The van der Waals surface area contributed by atoms with Crippen LogP contribution in [0.1, 0.15) is 22.5 Å². The Kier molecular flexibility index (Phi) is 2.81. The summed E-state index contributed by atoms with van der Waals surface area (Å²) in [7, 11) is 0. The van der Waals surface area contributed by atoms with Crippen molar-refractivity contribution in [3.05, 3.63) is 53.8 Å². The predicted octanol–water partition coefficient (Wildman–Crippen LogP) is 2.90. The molecule has 0 fully saturated rings. The predicted molar refractivity (Wildman–Crippen MR) is 69.2 cm³/mol. The van der Waals surface area contributed by atoms with E-state index in [1.165, 1.54) is 0 Å². The summed E-state index contributed by atoms with van der Waals surface area (Å²) in [5, 5.41) is 2.85. The molecule has 0 atom stereocenters. The minimum Gasteiger partial charge on any atom is -0.344 e. The quantitative estimate of drug-likeness (QED) is 0.778. The Morgan fingerprint density at radius 3 is 2.72 bits per heavy atom. The van der Waals surface area contributed by atoms with Gasteiger partial charge in [0.1, 0.15) is 0 Å². The van der Waals surface area contributed by atoms with Crippen LogP contribution in [0.5, 0.6) is 0 Å². The standard InChI is InChI=1S/C15H13NO2/c17-15-14-12(7-4-10-16-15)8-9-13(18-14)11-5-2-1-3-6-11/h1-3,5-6,8-9H,4,7,10H2/p+1. The van der Waals surface area contributed by atoms with E-state index in [4.69, 9.17) is 4.42 Å². The SMILES string of the molecule is O=C1NCCCc2ccc(-c3ccccc3)[o+]c21. The number of benzene rings is 1. The largest absolute Gasteiger partial charge is 0.420 e. The zero-order valence-electron chi connectivity index (χ0n) is 9.98. The summed E-state index contributed by atoms with van der Waals surface area (Å²) in [4.78, 5) is 11.9. The Morgan fingerprint density at radius 1 is 1.06 bits per heavy atom. The summed E-state index contributed by atoms with van der Waals surface area (Å²) < 4.78 is 5.77. The smallest absolute Gasteiger partial charge is 0.344 e. The van der Waals surface area contributed by atoms with Gasteiger partial charge in [-0.05, 0) is 31.0 Å². The van der Waals surface area contributed by atoms with Crippen molar-refractivity contribution in [3.8, 4) is 11.3 Å². The van der Waals surface area contributed by atoms with E-state index in [0.29, 0.717) is 12.3 Å². The van der Waals surface area contributed by atoms with Gasteiger partial charge in [0.15, 0.2) is 0 Å². The van der Waals surface area contributed by atoms with Gasteiger partial charge in [-0.3, -0.25) is 4.79 Å². The number of fused-ring (bicyclic) bond motifs is 1. The van der Waals surface area contributed by atoms with Crippen LogP contribution in [0.25, 0.3) is 11.3 Å². The van der Waals surface area contributed by atoms with Crippen LogP contribution in [0.15, 0.2) is 46.9 Å². The molecule has 1 aliphatic heterocycles. The lowest BCUT2D eigenvalue weighted by molar-refractivity contribution is 0.0927. The van der Waals surface area contributed by atoms with Crippen molar-refractivity contribution in [1.29, 1.82) is 0 Å². The first-order valence-corrected chi connectivity index (χ1v) is 6.14. The molecule has 0 bridgehead atoms. The van der Waals surface area contributed by atoms with Crippen LogP contribution >= 0.6 is 0 Å². The number of hydrogen-bond acceptors (Lipinski definition) is 1. The third-order valence-electron chi connectivity index (χ3n) is 3.11. The Balaban J connectivity index is 2.07. The Bertz CT molecular complexity index is 578. The molecular formula is C15H14NO2+. The van der Waals surface area contributed by atoms with Gasteiger partial charge in [-0.15, -0.1) is 0 Å². The summed E-state index contributed by atoms with van der Waals surface area (Å²) in [5.41, 5.74) is 1.97. The summed E-state index contributed by atoms with van der Waals surface area (Å²) in [6, 6.07) is 13.7. The zero-order chi connectivity index (χ0) is 12.4. The number of amides is 1. The van der Waals surface area contributed by atoms with Crippen LogP contribution in [-0.4, -0.2) is 12.5 Å². The van der Waals surface area contributed by atoms with Gasteiger partial charge >= 0.3 is 17.4 Å². The highest BCUT2D eigenvalue weighted by atomic mass is 16.3. The molecule has 2 heterocycles. The first kappa shape index (κ1) is 11.0. The lowest BCUT2D eigenvalue weighted by Crippen LogP contribution is -2.22. The van der Waals surface area contributed by atoms with Crippen LogP contribution in [0.4, 0.5) is 0 Å². The monoisotopic (exact) mass is 240 g/mol. The third-order valence-corrected chi connectivity index (χ3v) is 3.11. The van der Waals surface area contributed by atoms with E-state index in [0.717, 1.165) is 29.7 Å². The highest BCUT2D eigenvalue weighted by Crippen LogP contribution is 2.24. The van der Waals surface area contributed by atoms with Gasteiger partial charge in [-0.2, -0.15) is 0 Å². The molecule has 3 heteroatoms. The fraction of sp³-hybridized carbons (Fsp3) is 0.200. The molecule has 0 aliphatic carbocycles. The molecule has 2 aromatic rings. The van der Waals surface area contributed by atoms with Crippen LogP contribution < -0.4 is 5.32 Å². The van der Waals surface area contributed by atoms with E-state index in [1.54, 1.807) is 0 Å². The van der Waals surface area contributed by atoms with Gasteiger partial charge in [0.2, 0.25) is 0 Å². The summed E-state index contributed by atoms with van der Waals surface area (Å²) in [6.07, 6.45) is 1.84. The first-order valence-electron chi connectivity index (χ1n) is 6.14. The molecule has 1 amide bonds. The van der Waals surface area contributed by atoms with Crippen molar-refractivity contribution in [2.75, 3.05) is 6.54 Å². The fourth-order valence-corrected chi connectivity index (χ4v) is 2.17. The van der Waals surface area contributed by atoms with Crippen LogP contribution in [-0.2, 0) is 6.42 Å². The van der Waals surface area contributed by atoms with Crippen LogP contribution in [0.2, 0.25) is 0 Å². The third kappa shape index (κ3) is 1.99. The highest BCUT2D eigenvalue weighted by Gasteiger charge is 2.28. The number of hydrogen-bond donors (Lipinski definition) is 1. The fourth-order valence-electron chi connectivity index (χ4n) is 2.17. The maximum absolute atomic E-state index is 11.9. The molecule has 3 rings (SSSR count). The Labute approximate surface area is 105 Å². The lowest BCUT2D eigenvalue weighted by Gasteiger charge is -1.96. The average Bonchev–Trinajstić information content (AvgIpc) is 2.62. The second-order valence-electron chi connectivity index (χ2n) is 4.38. The average molecular weight is 240 g/mol. The van der Waals surface area contributed by atoms with E-state index in [9.17, 15) is 4.79 Å². The zero-order valence-corrected chi connectivity index (χ0v) is 9.98. The second-order valence-corrected chi connectivity index (χ2v) is 4.38. The van der Waals surface area contributed by atoms with E-state index in [1.807, 2.05) is 42.5 Å². The molecular weight excluding hydrogens is 226 g/mol. The van der Waals surface area contributed by atoms with Crippen molar-refractivity contribution in [2.24, 2.45) is 0 Å². The van der Waals surface area contributed by atoms with Crippen LogP contribution in [0, 0.1) is 0 Å². The number of aryl methyl sites for hydroxylation is 1. The van der Waals surface area contributed by atoms with Crippen molar-refractivity contribution in [2.45, 2.75) is 12.8 Å². The minimum absolute atomic E-state index is 0.111. The van der Waals surface area contributed by atoms with Crippen LogP contribution in [0.3, 0.4) is 0 Å². The van der Waals surface area contributed by atoms with Gasteiger partial charge < -0.3 is 5.32 Å². The number of carbonyl (C=O) groups is 1. The molecule has 1 N–H and O–H groups in total. The molecule has 0 spiro atoms. The molecule has 18 heavy (non-hydrogen) atoms. The highest BCUT2D eigenvalue weighted by molar-refractivity contribution is 5.93. The van der Waals surface area contributed by atoms with E-state index in [2.05, 4.69) is 5.32 Å². The van der Waals surface area contributed by atoms with E-state index in [-0.39, 0.29) is 5.91 Å². The Morgan fingerprint density at radius 2 is 1.89 bits per heavy atom. The van der Waals surface area contributed by atoms with Gasteiger partial charge in [0.05, 0.1) is 11.1 Å². The van der Waals surface area contributed by atoms with Gasteiger partial charge in [0.25, 0.3) is 0 Å². The number of carbonyl (C=O) groups excluding carboxylic acids is 1. The summed E-state index contributed by atoms with van der Waals surface area (Å²) >= 11 is 0. The van der Waals surface area contributed by atoms with Gasteiger partial charge in [-0.25, -0.2) is 4.42 Å². The van der Waals surface area contributed by atoms with Crippen molar-refractivity contribution < 1.29 is 9.21 Å². The summed E-state index contributed by atoms with van der Waals surface area (Å²) in [5.74, 6) is 1.07. The van der Waals surface area contributed by atoms with Crippen molar-refractivity contribution in [1.82, 2.24) is 5.32 Å². The van der Waals surface area contributed by atoms with Gasteiger partial charge in [-0.1, -0.05) is 18.2 Å². The molecule has 3 nitrogen and oxygen atoms in total. The lowest BCUT2D eigenvalue weighted by atomic mass is 10.1. The molecule has 0 saturated heterocycles. The second kappa shape index (κ2) is 4.61. The molecule has 1 aromatic heterocycles. The maximum Gasteiger partial charge on any atom is 0.420 e. The minimum atomic E-state index is -0.111. The Hall–Kier alpha value is -2.16. The molecule has 1 aliphatic rings. The molecule has 0 unspecified atom stereocenters.